The van der Waals surface area contributed by atoms with E-state index in [2.05, 4.69) is 21.2 Å². The highest BCUT2D eigenvalue weighted by Crippen LogP contribution is 2.24. The topological polar surface area (TPSA) is 56.8 Å². The number of hydrogen-bond donors (Lipinski definition) is 1. The molecule has 1 saturated heterocycles. The molecular weight excluding hydrogens is 374 g/mol. The number of amides is 1. The molecule has 24 heavy (non-hydrogen) atoms. The summed E-state index contributed by atoms with van der Waals surface area (Å²) in [6.45, 7) is 4.97. The number of hydrogen-bond acceptors (Lipinski definition) is 4. The van der Waals surface area contributed by atoms with Crippen molar-refractivity contribution < 1.29 is 19.0 Å². The van der Waals surface area contributed by atoms with Crippen LogP contribution in [0.2, 0.25) is 0 Å². The van der Waals surface area contributed by atoms with E-state index >= 15 is 0 Å². The maximum Gasteiger partial charge on any atom is 0.244 e. The first-order valence-electron chi connectivity index (χ1n) is 8.26. The van der Waals surface area contributed by atoms with Crippen molar-refractivity contribution in [1.82, 2.24) is 5.32 Å². The third-order valence-electron chi connectivity index (χ3n) is 3.60. The van der Waals surface area contributed by atoms with Crippen molar-refractivity contribution in [3.05, 3.63) is 34.3 Å². The summed E-state index contributed by atoms with van der Waals surface area (Å²) in [6.07, 6.45) is 5.49. The summed E-state index contributed by atoms with van der Waals surface area (Å²) in [4.78, 5) is 11.9. The lowest BCUT2D eigenvalue weighted by molar-refractivity contribution is -0.116. The third kappa shape index (κ3) is 6.63. The summed E-state index contributed by atoms with van der Waals surface area (Å²) in [7, 11) is 0. The minimum Gasteiger partial charge on any atom is -0.491 e. The Hall–Kier alpha value is -1.37. The molecule has 0 radical (unpaired) electrons. The van der Waals surface area contributed by atoms with Crippen LogP contribution in [-0.4, -0.2) is 45.0 Å². The fourth-order valence-electron chi connectivity index (χ4n) is 2.38. The van der Waals surface area contributed by atoms with E-state index in [1.165, 1.54) is 6.08 Å². The second-order valence-electron chi connectivity index (χ2n) is 5.44. The lowest BCUT2D eigenvalue weighted by Gasteiger charge is -2.10. The highest BCUT2D eigenvalue weighted by molar-refractivity contribution is 9.10. The van der Waals surface area contributed by atoms with E-state index in [-0.39, 0.29) is 12.0 Å². The standard InChI is InChI=1S/C18H24BrNO4/c1-2-22-10-11-24-17-7-6-15(19)12-14(17)5-8-18(21)20-13-16-4-3-9-23-16/h5-8,12,16H,2-4,9-11,13H2,1H3,(H,20,21)/b8-5+. The van der Waals surface area contributed by atoms with Gasteiger partial charge in [-0.1, -0.05) is 15.9 Å². The smallest absolute Gasteiger partial charge is 0.244 e. The molecule has 6 heteroatoms. The van der Waals surface area contributed by atoms with E-state index in [0.717, 1.165) is 35.2 Å². The van der Waals surface area contributed by atoms with Gasteiger partial charge in [0.2, 0.25) is 5.91 Å². The molecule has 0 aromatic heterocycles. The number of ether oxygens (including phenoxy) is 3. The van der Waals surface area contributed by atoms with Gasteiger partial charge in [0.25, 0.3) is 0 Å². The zero-order valence-corrected chi connectivity index (χ0v) is 15.5. The van der Waals surface area contributed by atoms with Crippen molar-refractivity contribution in [3.63, 3.8) is 0 Å². The summed E-state index contributed by atoms with van der Waals surface area (Å²) < 4.78 is 17.4. The lowest BCUT2D eigenvalue weighted by Crippen LogP contribution is -2.30. The molecule has 0 saturated carbocycles. The van der Waals surface area contributed by atoms with Gasteiger partial charge in [-0.3, -0.25) is 4.79 Å². The van der Waals surface area contributed by atoms with Crippen LogP contribution in [0.3, 0.4) is 0 Å². The van der Waals surface area contributed by atoms with Gasteiger partial charge in [0.05, 0.1) is 12.7 Å². The number of carbonyl (C=O) groups excluding carboxylic acids is 1. The van der Waals surface area contributed by atoms with E-state index in [0.29, 0.717) is 26.4 Å². The van der Waals surface area contributed by atoms with Crippen molar-refractivity contribution in [2.75, 3.05) is 33.0 Å². The molecule has 0 bridgehead atoms. The van der Waals surface area contributed by atoms with E-state index in [1.807, 2.05) is 25.1 Å². The highest BCUT2D eigenvalue weighted by atomic mass is 79.9. The summed E-state index contributed by atoms with van der Waals surface area (Å²) in [6, 6.07) is 5.70. The second kappa shape index (κ2) is 10.5. The Bertz CT molecular complexity index is 556. The number of carbonyl (C=O) groups is 1. The fourth-order valence-corrected chi connectivity index (χ4v) is 2.76. The second-order valence-corrected chi connectivity index (χ2v) is 6.36. The molecule has 1 aliphatic heterocycles. The first kappa shape index (κ1) is 19.0. The minimum absolute atomic E-state index is 0.134. The zero-order valence-electron chi connectivity index (χ0n) is 13.9. The summed E-state index contributed by atoms with van der Waals surface area (Å²) in [5, 5.41) is 2.87. The predicted molar refractivity (Wildman–Crippen MR) is 97.1 cm³/mol. The number of nitrogens with one attached hydrogen (secondary N) is 1. The van der Waals surface area contributed by atoms with Crippen molar-refractivity contribution in [2.24, 2.45) is 0 Å². The van der Waals surface area contributed by atoms with Crippen LogP contribution < -0.4 is 10.1 Å². The maximum atomic E-state index is 11.9. The Kier molecular flexibility index (Phi) is 8.28. The molecule has 1 unspecified atom stereocenters. The van der Waals surface area contributed by atoms with Gasteiger partial charge in [0.15, 0.2) is 0 Å². The summed E-state index contributed by atoms with van der Waals surface area (Å²) in [5.74, 6) is 0.590. The molecule has 132 valence electrons. The predicted octanol–water partition coefficient (Wildman–Crippen LogP) is 3.17. The van der Waals surface area contributed by atoms with Gasteiger partial charge in [0.1, 0.15) is 12.4 Å². The van der Waals surface area contributed by atoms with Crippen molar-refractivity contribution in [2.45, 2.75) is 25.9 Å². The van der Waals surface area contributed by atoms with Gasteiger partial charge in [-0.15, -0.1) is 0 Å². The van der Waals surface area contributed by atoms with Crippen LogP contribution in [0.4, 0.5) is 0 Å². The SMILES string of the molecule is CCOCCOc1ccc(Br)cc1/C=C/C(=O)NCC1CCCO1. The Morgan fingerprint density at radius 3 is 3.08 bits per heavy atom. The van der Waals surface area contributed by atoms with Gasteiger partial charge in [-0.05, 0) is 44.0 Å². The van der Waals surface area contributed by atoms with Crippen LogP contribution in [0, 0.1) is 0 Å². The van der Waals surface area contributed by atoms with Gasteiger partial charge in [0, 0.05) is 35.9 Å². The number of halogens is 1. The van der Waals surface area contributed by atoms with Crippen molar-refractivity contribution >= 4 is 27.9 Å². The molecule has 1 N–H and O–H groups in total. The number of rotatable bonds is 9. The molecule has 1 aromatic rings. The van der Waals surface area contributed by atoms with Gasteiger partial charge in [-0.25, -0.2) is 0 Å². The highest BCUT2D eigenvalue weighted by Gasteiger charge is 2.15. The Balaban J connectivity index is 1.88. The van der Waals surface area contributed by atoms with Gasteiger partial charge in [-0.2, -0.15) is 0 Å². The maximum absolute atomic E-state index is 11.9. The molecule has 1 atom stereocenters. The first-order valence-corrected chi connectivity index (χ1v) is 9.06. The average Bonchev–Trinajstić information content (AvgIpc) is 3.10. The van der Waals surface area contributed by atoms with Crippen LogP contribution >= 0.6 is 15.9 Å². The fraction of sp³-hybridized carbons (Fsp3) is 0.500. The quantitative estimate of drug-likeness (QED) is 0.513. The Morgan fingerprint density at radius 1 is 1.46 bits per heavy atom. The molecule has 1 aliphatic rings. The summed E-state index contributed by atoms with van der Waals surface area (Å²) >= 11 is 3.44. The molecule has 2 rings (SSSR count). The Labute approximate surface area is 151 Å². The first-order chi connectivity index (χ1) is 11.7. The van der Waals surface area contributed by atoms with E-state index in [9.17, 15) is 4.79 Å². The molecule has 1 fully saturated rings. The molecule has 1 heterocycles. The summed E-state index contributed by atoms with van der Waals surface area (Å²) in [5.41, 5.74) is 0.841. The van der Waals surface area contributed by atoms with Crippen LogP contribution in [0.5, 0.6) is 5.75 Å². The van der Waals surface area contributed by atoms with Gasteiger partial charge < -0.3 is 19.5 Å². The number of benzene rings is 1. The van der Waals surface area contributed by atoms with Crippen LogP contribution in [0.1, 0.15) is 25.3 Å². The van der Waals surface area contributed by atoms with Gasteiger partial charge >= 0.3 is 0 Å². The van der Waals surface area contributed by atoms with Crippen molar-refractivity contribution in [3.8, 4) is 5.75 Å². The van der Waals surface area contributed by atoms with Crippen LogP contribution in [0.15, 0.2) is 28.7 Å². The van der Waals surface area contributed by atoms with E-state index < -0.39 is 0 Å². The van der Waals surface area contributed by atoms with Crippen LogP contribution in [0.25, 0.3) is 6.08 Å². The van der Waals surface area contributed by atoms with Crippen LogP contribution in [-0.2, 0) is 14.3 Å². The average molecular weight is 398 g/mol. The molecule has 5 nitrogen and oxygen atoms in total. The molecule has 0 aliphatic carbocycles. The Morgan fingerprint density at radius 2 is 2.33 bits per heavy atom. The molecular formula is C18H24BrNO4. The minimum atomic E-state index is -0.134. The van der Waals surface area contributed by atoms with E-state index in [4.69, 9.17) is 14.2 Å². The van der Waals surface area contributed by atoms with Crippen molar-refractivity contribution in [1.29, 1.82) is 0 Å². The lowest BCUT2D eigenvalue weighted by atomic mass is 10.2. The molecule has 1 amide bonds. The zero-order chi connectivity index (χ0) is 17.2. The third-order valence-corrected chi connectivity index (χ3v) is 4.10. The normalized spacial score (nSPS) is 17.3. The monoisotopic (exact) mass is 397 g/mol. The largest absolute Gasteiger partial charge is 0.491 e. The molecule has 0 spiro atoms. The van der Waals surface area contributed by atoms with E-state index in [1.54, 1.807) is 6.08 Å². The molecule has 1 aromatic carbocycles.